The fourth-order valence-corrected chi connectivity index (χ4v) is 2.91. The minimum atomic E-state index is 0.399. The lowest BCUT2D eigenvalue weighted by molar-refractivity contribution is 1.04. The van der Waals surface area contributed by atoms with Crippen molar-refractivity contribution < 1.29 is 0 Å². The standard InChI is InChI=1S/C13H8Cl3N3S/c1-6-2-3-10-12(17-6)19(13(20)18-10)11-5-8(15)7(14)4-9(11)16/h2-5H,1H3,(H,18,20). The molecular weight excluding hydrogens is 337 g/mol. The summed E-state index contributed by atoms with van der Waals surface area (Å²) in [5, 5.41) is 1.27. The zero-order valence-electron chi connectivity index (χ0n) is 10.2. The number of H-pyrrole nitrogens is 1. The van der Waals surface area contributed by atoms with Crippen LogP contribution in [0.15, 0.2) is 24.3 Å². The van der Waals surface area contributed by atoms with Crippen molar-refractivity contribution in [3.8, 4) is 5.69 Å². The van der Waals surface area contributed by atoms with Crippen molar-refractivity contribution >= 4 is 58.2 Å². The van der Waals surface area contributed by atoms with Gasteiger partial charge >= 0.3 is 0 Å². The predicted octanol–water partition coefficient (Wildman–Crippen LogP) is 5.35. The fourth-order valence-electron chi connectivity index (χ4n) is 1.99. The third-order valence-corrected chi connectivity index (χ3v) is 4.21. The van der Waals surface area contributed by atoms with E-state index in [2.05, 4.69) is 9.97 Å². The van der Waals surface area contributed by atoms with E-state index in [4.69, 9.17) is 47.0 Å². The highest BCUT2D eigenvalue weighted by Gasteiger charge is 2.13. The number of rotatable bonds is 1. The second-order valence-corrected chi connectivity index (χ2v) is 5.92. The highest BCUT2D eigenvalue weighted by molar-refractivity contribution is 7.71. The minimum absolute atomic E-state index is 0.399. The van der Waals surface area contributed by atoms with Crippen LogP contribution in [0.3, 0.4) is 0 Å². The van der Waals surface area contributed by atoms with E-state index in [-0.39, 0.29) is 0 Å². The molecule has 1 N–H and O–H groups in total. The van der Waals surface area contributed by atoms with Crippen molar-refractivity contribution in [2.75, 3.05) is 0 Å². The molecule has 102 valence electrons. The molecule has 0 aliphatic rings. The molecule has 0 atom stereocenters. The second-order valence-electron chi connectivity index (χ2n) is 4.31. The van der Waals surface area contributed by atoms with E-state index in [9.17, 15) is 0 Å². The summed E-state index contributed by atoms with van der Waals surface area (Å²) in [4.78, 5) is 7.59. The lowest BCUT2D eigenvalue weighted by Crippen LogP contribution is -1.97. The molecule has 3 nitrogen and oxygen atoms in total. The topological polar surface area (TPSA) is 33.6 Å². The molecule has 0 fully saturated rings. The van der Waals surface area contributed by atoms with Gasteiger partial charge < -0.3 is 4.98 Å². The fraction of sp³-hybridized carbons (Fsp3) is 0.0769. The van der Waals surface area contributed by atoms with Crippen LogP contribution in [0.1, 0.15) is 5.69 Å². The van der Waals surface area contributed by atoms with Crippen LogP contribution >= 0.6 is 47.0 Å². The molecule has 0 aliphatic carbocycles. The van der Waals surface area contributed by atoms with Gasteiger partial charge in [-0.2, -0.15) is 0 Å². The number of nitrogens with zero attached hydrogens (tertiary/aromatic N) is 2. The Hall–Kier alpha value is -1.07. The summed E-state index contributed by atoms with van der Waals surface area (Å²) in [6, 6.07) is 7.11. The van der Waals surface area contributed by atoms with E-state index in [0.29, 0.717) is 31.2 Å². The average molecular weight is 345 g/mol. The van der Waals surface area contributed by atoms with Crippen LogP contribution in [0.4, 0.5) is 0 Å². The van der Waals surface area contributed by atoms with E-state index in [1.807, 2.05) is 19.1 Å². The number of benzene rings is 1. The van der Waals surface area contributed by atoms with Crippen LogP contribution in [0.5, 0.6) is 0 Å². The first-order valence-electron chi connectivity index (χ1n) is 5.70. The number of aromatic nitrogens is 3. The molecule has 0 spiro atoms. The first kappa shape index (κ1) is 13.9. The number of imidazole rings is 1. The molecule has 0 radical (unpaired) electrons. The second kappa shape index (κ2) is 5.04. The summed E-state index contributed by atoms with van der Waals surface area (Å²) in [6.07, 6.45) is 0. The average Bonchev–Trinajstić information content (AvgIpc) is 2.69. The maximum Gasteiger partial charge on any atom is 0.184 e. The Kier molecular flexibility index (Phi) is 3.50. The van der Waals surface area contributed by atoms with Crippen LogP contribution in [0.2, 0.25) is 15.1 Å². The van der Waals surface area contributed by atoms with E-state index >= 15 is 0 Å². The van der Waals surface area contributed by atoms with Gasteiger partial charge in [-0.1, -0.05) is 34.8 Å². The van der Waals surface area contributed by atoms with Gasteiger partial charge in [-0.3, -0.25) is 4.57 Å². The number of aryl methyl sites for hydroxylation is 1. The number of pyridine rings is 1. The van der Waals surface area contributed by atoms with Gasteiger partial charge in [-0.15, -0.1) is 0 Å². The molecule has 2 aromatic heterocycles. The zero-order valence-corrected chi connectivity index (χ0v) is 13.3. The van der Waals surface area contributed by atoms with Crippen LogP contribution < -0.4 is 0 Å². The Morgan fingerprint density at radius 1 is 1.10 bits per heavy atom. The number of fused-ring (bicyclic) bond motifs is 1. The Labute approximate surface area is 135 Å². The largest absolute Gasteiger partial charge is 0.329 e. The van der Waals surface area contributed by atoms with Gasteiger partial charge in [0.05, 0.1) is 26.3 Å². The van der Waals surface area contributed by atoms with Crippen molar-refractivity contribution in [2.24, 2.45) is 0 Å². The molecule has 0 saturated heterocycles. The third-order valence-electron chi connectivity index (χ3n) is 2.90. The predicted molar refractivity (Wildman–Crippen MR) is 86.0 cm³/mol. The highest BCUT2D eigenvalue weighted by Crippen LogP contribution is 2.32. The molecular formula is C13H8Cl3N3S. The van der Waals surface area contributed by atoms with Crippen molar-refractivity contribution in [3.05, 3.63) is 49.8 Å². The molecule has 1 aromatic carbocycles. The first-order chi connectivity index (χ1) is 9.47. The Balaban J connectivity index is 2.40. The van der Waals surface area contributed by atoms with Gasteiger partial charge in [-0.25, -0.2) is 4.98 Å². The molecule has 7 heteroatoms. The van der Waals surface area contributed by atoms with Gasteiger partial charge in [0.1, 0.15) is 0 Å². The lowest BCUT2D eigenvalue weighted by Gasteiger charge is -2.08. The summed E-state index contributed by atoms with van der Waals surface area (Å²) in [5.74, 6) is 0. The summed E-state index contributed by atoms with van der Waals surface area (Å²) in [6.45, 7) is 1.91. The molecule has 3 aromatic rings. The van der Waals surface area contributed by atoms with Crippen LogP contribution in [-0.4, -0.2) is 14.5 Å². The van der Waals surface area contributed by atoms with E-state index in [0.717, 1.165) is 11.2 Å². The van der Waals surface area contributed by atoms with Crippen molar-refractivity contribution in [1.82, 2.24) is 14.5 Å². The number of hydrogen-bond acceptors (Lipinski definition) is 2. The van der Waals surface area contributed by atoms with Crippen molar-refractivity contribution in [3.63, 3.8) is 0 Å². The Morgan fingerprint density at radius 3 is 2.55 bits per heavy atom. The van der Waals surface area contributed by atoms with E-state index in [1.165, 1.54) is 0 Å². The highest BCUT2D eigenvalue weighted by atomic mass is 35.5. The van der Waals surface area contributed by atoms with Crippen LogP contribution in [0.25, 0.3) is 16.9 Å². The summed E-state index contributed by atoms with van der Waals surface area (Å²) >= 11 is 23.6. The molecule has 0 aliphatic heterocycles. The molecule has 20 heavy (non-hydrogen) atoms. The SMILES string of the molecule is Cc1ccc2[nH]c(=S)n(-c3cc(Cl)c(Cl)cc3Cl)c2n1. The van der Waals surface area contributed by atoms with Crippen molar-refractivity contribution in [2.45, 2.75) is 6.92 Å². The molecule has 0 saturated carbocycles. The molecule has 0 bridgehead atoms. The Bertz CT molecular complexity index is 882. The maximum absolute atomic E-state index is 6.25. The zero-order chi connectivity index (χ0) is 14.4. The quantitative estimate of drug-likeness (QED) is 0.477. The number of aromatic amines is 1. The van der Waals surface area contributed by atoms with Gasteiger partial charge in [0, 0.05) is 5.69 Å². The molecule has 3 rings (SSSR count). The molecule has 2 heterocycles. The number of halogens is 3. The summed E-state index contributed by atoms with van der Waals surface area (Å²) in [5.41, 5.74) is 3.07. The van der Waals surface area contributed by atoms with Gasteiger partial charge in [0.15, 0.2) is 10.4 Å². The molecule has 0 unspecified atom stereocenters. The van der Waals surface area contributed by atoms with Gasteiger partial charge in [-0.05, 0) is 43.4 Å². The van der Waals surface area contributed by atoms with E-state index in [1.54, 1.807) is 16.7 Å². The summed E-state index contributed by atoms with van der Waals surface area (Å²) in [7, 11) is 0. The van der Waals surface area contributed by atoms with Crippen LogP contribution in [-0.2, 0) is 0 Å². The number of hydrogen-bond donors (Lipinski definition) is 1. The third kappa shape index (κ3) is 2.23. The van der Waals surface area contributed by atoms with Gasteiger partial charge in [0.2, 0.25) is 0 Å². The monoisotopic (exact) mass is 343 g/mol. The summed E-state index contributed by atoms with van der Waals surface area (Å²) < 4.78 is 2.25. The van der Waals surface area contributed by atoms with E-state index < -0.39 is 0 Å². The lowest BCUT2D eigenvalue weighted by atomic mass is 10.3. The molecule has 0 amide bonds. The van der Waals surface area contributed by atoms with Gasteiger partial charge in [0.25, 0.3) is 0 Å². The Morgan fingerprint density at radius 2 is 1.80 bits per heavy atom. The normalized spacial score (nSPS) is 11.2. The smallest absolute Gasteiger partial charge is 0.184 e. The first-order valence-corrected chi connectivity index (χ1v) is 7.25. The van der Waals surface area contributed by atoms with Crippen LogP contribution in [0, 0.1) is 11.7 Å². The number of nitrogens with one attached hydrogen (secondary N) is 1. The minimum Gasteiger partial charge on any atom is -0.329 e. The van der Waals surface area contributed by atoms with Crippen molar-refractivity contribution in [1.29, 1.82) is 0 Å². The maximum atomic E-state index is 6.25.